The fraction of sp³-hybridized carbons (Fsp3) is 0.533. The second-order valence-corrected chi connectivity index (χ2v) is 8.16. The standard InChI is InChI=1S/C15H19NO6S/c1-3-23(18,19)12-7-16(8-12)15(17)10(2)22-11-4-5-13-14(6-11)21-9-20-13/h4-6,10,12H,3,7-9H2,1-2H3. The van der Waals surface area contributed by atoms with Crippen LogP contribution in [0.25, 0.3) is 0 Å². The molecular weight excluding hydrogens is 322 g/mol. The first-order valence-corrected chi connectivity index (χ1v) is 9.19. The highest BCUT2D eigenvalue weighted by Gasteiger charge is 2.40. The molecule has 1 aromatic carbocycles. The summed E-state index contributed by atoms with van der Waals surface area (Å²) in [7, 11) is -3.08. The molecule has 0 radical (unpaired) electrons. The van der Waals surface area contributed by atoms with Crippen LogP contribution in [0.5, 0.6) is 17.2 Å². The SMILES string of the molecule is CCS(=O)(=O)C1CN(C(=O)C(C)Oc2ccc3c(c2)OCO3)C1. The zero-order valence-corrected chi connectivity index (χ0v) is 13.8. The van der Waals surface area contributed by atoms with Crippen molar-refractivity contribution >= 4 is 15.7 Å². The van der Waals surface area contributed by atoms with E-state index >= 15 is 0 Å². The molecule has 8 heteroatoms. The van der Waals surface area contributed by atoms with Gasteiger partial charge in [-0.25, -0.2) is 8.42 Å². The molecule has 0 aliphatic carbocycles. The van der Waals surface area contributed by atoms with Crippen molar-refractivity contribution in [2.45, 2.75) is 25.2 Å². The Hall–Kier alpha value is -1.96. The Labute approximate surface area is 135 Å². The van der Waals surface area contributed by atoms with Gasteiger partial charge in [-0.15, -0.1) is 0 Å². The van der Waals surface area contributed by atoms with E-state index in [1.54, 1.807) is 32.0 Å². The van der Waals surface area contributed by atoms with Crippen molar-refractivity contribution in [3.8, 4) is 17.2 Å². The number of nitrogens with zero attached hydrogens (tertiary/aromatic N) is 1. The van der Waals surface area contributed by atoms with Gasteiger partial charge in [-0.3, -0.25) is 4.79 Å². The topological polar surface area (TPSA) is 82.1 Å². The minimum atomic E-state index is -3.08. The van der Waals surface area contributed by atoms with Crippen LogP contribution < -0.4 is 14.2 Å². The highest BCUT2D eigenvalue weighted by Crippen LogP contribution is 2.35. The summed E-state index contributed by atoms with van der Waals surface area (Å²) in [4.78, 5) is 13.8. The van der Waals surface area contributed by atoms with Crippen molar-refractivity contribution in [2.75, 3.05) is 25.6 Å². The molecular formula is C15H19NO6S. The summed E-state index contributed by atoms with van der Waals surface area (Å²) in [5.74, 6) is 1.62. The maximum absolute atomic E-state index is 12.3. The smallest absolute Gasteiger partial charge is 0.263 e. The molecule has 1 amide bonds. The third-order valence-electron chi connectivity index (χ3n) is 4.07. The molecule has 2 aliphatic heterocycles. The number of rotatable bonds is 5. The van der Waals surface area contributed by atoms with E-state index < -0.39 is 21.2 Å². The summed E-state index contributed by atoms with van der Waals surface area (Å²) < 4.78 is 39.6. The number of hydrogen-bond acceptors (Lipinski definition) is 6. The number of hydrogen-bond donors (Lipinski definition) is 0. The lowest BCUT2D eigenvalue weighted by Gasteiger charge is -2.39. The second kappa shape index (κ2) is 5.92. The number of likely N-dealkylation sites (tertiary alicyclic amines) is 1. The third kappa shape index (κ3) is 3.08. The summed E-state index contributed by atoms with van der Waals surface area (Å²) in [6, 6.07) is 5.10. The van der Waals surface area contributed by atoms with Gasteiger partial charge in [0.05, 0.1) is 5.25 Å². The highest BCUT2D eigenvalue weighted by molar-refractivity contribution is 7.92. The summed E-state index contributed by atoms with van der Waals surface area (Å²) in [6.45, 7) is 3.92. The van der Waals surface area contributed by atoms with E-state index in [2.05, 4.69) is 0 Å². The maximum Gasteiger partial charge on any atom is 0.263 e. The van der Waals surface area contributed by atoms with Crippen LogP contribution >= 0.6 is 0 Å². The van der Waals surface area contributed by atoms with Crippen LogP contribution in [0.4, 0.5) is 0 Å². The first-order valence-electron chi connectivity index (χ1n) is 7.47. The van der Waals surface area contributed by atoms with E-state index in [9.17, 15) is 13.2 Å². The van der Waals surface area contributed by atoms with Crippen molar-refractivity contribution in [3.05, 3.63) is 18.2 Å². The van der Waals surface area contributed by atoms with Crippen LogP contribution in [0.15, 0.2) is 18.2 Å². The molecule has 1 aromatic rings. The maximum atomic E-state index is 12.3. The van der Waals surface area contributed by atoms with E-state index in [0.717, 1.165) is 0 Å². The fourth-order valence-corrected chi connectivity index (χ4v) is 3.83. The largest absolute Gasteiger partial charge is 0.481 e. The highest BCUT2D eigenvalue weighted by atomic mass is 32.2. The molecule has 0 aromatic heterocycles. The van der Waals surface area contributed by atoms with Gasteiger partial charge in [0.2, 0.25) is 6.79 Å². The van der Waals surface area contributed by atoms with Crippen molar-refractivity contribution in [2.24, 2.45) is 0 Å². The summed E-state index contributed by atoms with van der Waals surface area (Å²) >= 11 is 0. The van der Waals surface area contributed by atoms with Gasteiger partial charge < -0.3 is 19.1 Å². The molecule has 1 saturated heterocycles. The molecule has 0 N–H and O–H groups in total. The van der Waals surface area contributed by atoms with Crippen LogP contribution in [0.3, 0.4) is 0 Å². The second-order valence-electron chi connectivity index (χ2n) is 5.59. The molecule has 1 fully saturated rings. The first-order chi connectivity index (χ1) is 10.9. The van der Waals surface area contributed by atoms with E-state index in [-0.39, 0.29) is 31.5 Å². The molecule has 3 rings (SSSR count). The van der Waals surface area contributed by atoms with E-state index in [4.69, 9.17) is 14.2 Å². The predicted octanol–water partition coefficient (Wildman–Crippen LogP) is 0.828. The summed E-state index contributed by atoms with van der Waals surface area (Å²) in [6.07, 6.45) is -0.694. The third-order valence-corrected chi connectivity index (χ3v) is 6.19. The van der Waals surface area contributed by atoms with Crippen LogP contribution in [-0.4, -0.2) is 56.2 Å². The lowest BCUT2D eigenvalue weighted by atomic mass is 10.2. The van der Waals surface area contributed by atoms with Gasteiger partial charge in [-0.2, -0.15) is 0 Å². The normalized spacial score (nSPS) is 18.4. The lowest BCUT2D eigenvalue weighted by Crippen LogP contribution is -2.59. The molecule has 2 heterocycles. The fourth-order valence-electron chi connectivity index (χ4n) is 2.54. The van der Waals surface area contributed by atoms with Crippen molar-refractivity contribution in [1.82, 2.24) is 4.90 Å². The lowest BCUT2D eigenvalue weighted by molar-refractivity contribution is -0.141. The average molecular weight is 341 g/mol. The van der Waals surface area contributed by atoms with Crippen LogP contribution in [-0.2, 0) is 14.6 Å². The molecule has 126 valence electrons. The molecule has 23 heavy (non-hydrogen) atoms. The Balaban J connectivity index is 1.57. The number of sulfone groups is 1. The quantitative estimate of drug-likeness (QED) is 0.789. The van der Waals surface area contributed by atoms with Crippen LogP contribution in [0.1, 0.15) is 13.8 Å². The van der Waals surface area contributed by atoms with Crippen LogP contribution in [0, 0.1) is 0 Å². The predicted molar refractivity (Wildman–Crippen MR) is 82.5 cm³/mol. The van der Waals surface area contributed by atoms with Gasteiger partial charge in [-0.05, 0) is 19.1 Å². The molecule has 7 nitrogen and oxygen atoms in total. The number of ether oxygens (including phenoxy) is 3. The van der Waals surface area contributed by atoms with Gasteiger partial charge in [0, 0.05) is 24.9 Å². The van der Waals surface area contributed by atoms with E-state index in [0.29, 0.717) is 17.2 Å². The molecule has 1 unspecified atom stereocenters. The van der Waals surface area contributed by atoms with Gasteiger partial charge in [0.1, 0.15) is 5.75 Å². The number of carbonyl (C=O) groups is 1. The Morgan fingerprint density at radius 3 is 2.74 bits per heavy atom. The van der Waals surface area contributed by atoms with Crippen molar-refractivity contribution in [3.63, 3.8) is 0 Å². The van der Waals surface area contributed by atoms with Gasteiger partial charge in [-0.1, -0.05) is 6.92 Å². The Kier molecular flexibility index (Phi) is 4.09. The molecule has 0 bridgehead atoms. The number of amides is 1. The molecule has 0 spiro atoms. The van der Waals surface area contributed by atoms with Gasteiger partial charge in [0.25, 0.3) is 5.91 Å². The Bertz CT molecular complexity index is 711. The van der Waals surface area contributed by atoms with Crippen molar-refractivity contribution in [1.29, 1.82) is 0 Å². The minimum Gasteiger partial charge on any atom is -0.481 e. The summed E-state index contributed by atoms with van der Waals surface area (Å²) in [5.41, 5.74) is 0. The number of carbonyl (C=O) groups excluding carboxylic acids is 1. The number of fused-ring (bicyclic) bond motifs is 1. The monoisotopic (exact) mass is 341 g/mol. The average Bonchev–Trinajstić information content (AvgIpc) is 2.92. The Morgan fingerprint density at radius 1 is 1.35 bits per heavy atom. The van der Waals surface area contributed by atoms with Crippen LogP contribution in [0.2, 0.25) is 0 Å². The minimum absolute atomic E-state index is 0.100. The Morgan fingerprint density at radius 2 is 2.04 bits per heavy atom. The van der Waals surface area contributed by atoms with Crippen molar-refractivity contribution < 1.29 is 27.4 Å². The van der Waals surface area contributed by atoms with E-state index in [1.165, 1.54) is 4.90 Å². The molecule has 1 atom stereocenters. The first kappa shape index (κ1) is 15.9. The summed E-state index contributed by atoms with van der Waals surface area (Å²) in [5, 5.41) is -0.450. The van der Waals surface area contributed by atoms with E-state index in [1.807, 2.05) is 0 Å². The van der Waals surface area contributed by atoms with Gasteiger partial charge in [0.15, 0.2) is 27.4 Å². The number of benzene rings is 1. The molecule has 2 aliphatic rings. The zero-order chi connectivity index (χ0) is 16.6. The van der Waals surface area contributed by atoms with Gasteiger partial charge >= 0.3 is 0 Å². The zero-order valence-electron chi connectivity index (χ0n) is 13.0. The molecule has 0 saturated carbocycles.